The molecule has 100 valence electrons. The molecule has 0 saturated heterocycles. The summed E-state index contributed by atoms with van der Waals surface area (Å²) < 4.78 is 46.2. The number of hydrogen-bond donors (Lipinski definition) is 1. The average Bonchev–Trinajstić information content (AvgIpc) is 2.15. The Morgan fingerprint density at radius 3 is 2.67 bits per heavy atom. The van der Waals surface area contributed by atoms with Gasteiger partial charge >= 0.3 is 6.36 Å². The van der Waals surface area contributed by atoms with Gasteiger partial charge in [0.25, 0.3) is 0 Å². The Hall–Kier alpha value is -1.43. The van der Waals surface area contributed by atoms with Crippen LogP contribution in [0.5, 0.6) is 11.5 Å². The molecule has 0 aromatic heterocycles. The van der Waals surface area contributed by atoms with Gasteiger partial charge in [-0.25, -0.2) is 0 Å². The average molecular weight is 262 g/mol. The van der Waals surface area contributed by atoms with Gasteiger partial charge < -0.3 is 14.6 Å². The van der Waals surface area contributed by atoms with Crippen molar-refractivity contribution in [2.24, 2.45) is 0 Å². The van der Waals surface area contributed by atoms with E-state index in [4.69, 9.17) is 4.74 Å². The SMILES string of the molecule is CC1(C)C[C@H](O)c2cccc(OC(F)(F)F)c2O1. The molecular weight excluding hydrogens is 249 g/mol. The highest BCUT2D eigenvalue weighted by molar-refractivity contribution is 5.49. The van der Waals surface area contributed by atoms with Crippen LogP contribution in [0.1, 0.15) is 31.9 Å². The minimum atomic E-state index is -4.79. The molecule has 1 aliphatic heterocycles. The molecule has 1 atom stereocenters. The molecule has 1 heterocycles. The zero-order valence-electron chi connectivity index (χ0n) is 9.91. The number of aliphatic hydroxyl groups is 1. The standard InChI is InChI=1S/C12H13F3O3/c1-11(2)6-8(16)7-4-3-5-9(10(7)18-11)17-12(13,14)15/h3-5,8,16H,6H2,1-2H3/t8-/m0/s1. The quantitative estimate of drug-likeness (QED) is 0.844. The minimum absolute atomic E-state index is 0.0430. The van der Waals surface area contributed by atoms with Crippen molar-refractivity contribution in [2.45, 2.75) is 38.3 Å². The minimum Gasteiger partial charge on any atom is -0.483 e. The summed E-state index contributed by atoms with van der Waals surface area (Å²) in [4.78, 5) is 0. The summed E-state index contributed by atoms with van der Waals surface area (Å²) in [5.74, 6) is -0.467. The fourth-order valence-electron chi connectivity index (χ4n) is 2.00. The van der Waals surface area contributed by atoms with Gasteiger partial charge in [0.05, 0.1) is 6.10 Å². The van der Waals surface area contributed by atoms with Crippen molar-refractivity contribution in [1.82, 2.24) is 0 Å². The van der Waals surface area contributed by atoms with Gasteiger partial charge in [-0.3, -0.25) is 0 Å². The van der Waals surface area contributed by atoms with E-state index >= 15 is 0 Å². The molecule has 1 aromatic rings. The maximum atomic E-state index is 12.3. The number of rotatable bonds is 1. The van der Waals surface area contributed by atoms with Crippen LogP contribution in [-0.4, -0.2) is 17.1 Å². The molecule has 3 nitrogen and oxygen atoms in total. The van der Waals surface area contributed by atoms with Crippen LogP contribution in [0.2, 0.25) is 0 Å². The molecule has 0 radical (unpaired) electrons. The molecule has 1 aliphatic rings. The second-order valence-electron chi connectivity index (χ2n) is 4.80. The molecule has 0 fully saturated rings. The zero-order chi connectivity index (χ0) is 13.6. The fourth-order valence-corrected chi connectivity index (χ4v) is 2.00. The van der Waals surface area contributed by atoms with Gasteiger partial charge in [-0.1, -0.05) is 12.1 Å². The molecule has 2 rings (SSSR count). The van der Waals surface area contributed by atoms with Gasteiger partial charge in [0, 0.05) is 12.0 Å². The third-order valence-electron chi connectivity index (χ3n) is 2.66. The first-order chi connectivity index (χ1) is 8.18. The van der Waals surface area contributed by atoms with E-state index in [1.165, 1.54) is 18.2 Å². The van der Waals surface area contributed by atoms with Crippen molar-refractivity contribution >= 4 is 0 Å². The Bertz CT molecular complexity index is 454. The lowest BCUT2D eigenvalue weighted by Crippen LogP contribution is -2.35. The third-order valence-corrected chi connectivity index (χ3v) is 2.66. The first-order valence-electron chi connectivity index (χ1n) is 5.44. The van der Waals surface area contributed by atoms with E-state index in [0.29, 0.717) is 12.0 Å². The summed E-state index contributed by atoms with van der Waals surface area (Å²) in [6.45, 7) is 3.40. The van der Waals surface area contributed by atoms with E-state index in [9.17, 15) is 18.3 Å². The van der Waals surface area contributed by atoms with E-state index in [1.807, 2.05) is 0 Å². The summed E-state index contributed by atoms with van der Waals surface area (Å²) in [6.07, 6.45) is -5.33. The smallest absolute Gasteiger partial charge is 0.483 e. The van der Waals surface area contributed by atoms with E-state index < -0.39 is 23.8 Å². The lowest BCUT2D eigenvalue weighted by molar-refractivity contribution is -0.275. The summed E-state index contributed by atoms with van der Waals surface area (Å²) >= 11 is 0. The first kappa shape index (κ1) is 13.0. The molecule has 1 N–H and O–H groups in total. The molecule has 0 spiro atoms. The zero-order valence-corrected chi connectivity index (χ0v) is 9.91. The molecule has 18 heavy (non-hydrogen) atoms. The van der Waals surface area contributed by atoms with Gasteiger partial charge in [-0.05, 0) is 19.9 Å². The lowest BCUT2D eigenvalue weighted by Gasteiger charge is -2.36. The van der Waals surface area contributed by atoms with Gasteiger partial charge in [0.2, 0.25) is 0 Å². The fraction of sp³-hybridized carbons (Fsp3) is 0.500. The molecule has 1 aromatic carbocycles. The topological polar surface area (TPSA) is 38.7 Å². The van der Waals surface area contributed by atoms with Gasteiger partial charge in [-0.15, -0.1) is 13.2 Å². The van der Waals surface area contributed by atoms with Crippen LogP contribution in [0, 0.1) is 0 Å². The normalized spacial score (nSPS) is 22.0. The number of fused-ring (bicyclic) bond motifs is 1. The van der Waals surface area contributed by atoms with Crippen molar-refractivity contribution in [3.05, 3.63) is 23.8 Å². The Morgan fingerprint density at radius 2 is 2.06 bits per heavy atom. The van der Waals surface area contributed by atoms with Crippen LogP contribution in [-0.2, 0) is 0 Å². The highest BCUT2D eigenvalue weighted by Crippen LogP contribution is 2.45. The van der Waals surface area contributed by atoms with Crippen LogP contribution in [0.4, 0.5) is 13.2 Å². The monoisotopic (exact) mass is 262 g/mol. The molecule has 0 saturated carbocycles. The van der Waals surface area contributed by atoms with Crippen molar-refractivity contribution < 1.29 is 27.8 Å². The second kappa shape index (κ2) is 4.05. The maximum Gasteiger partial charge on any atom is 0.573 e. The van der Waals surface area contributed by atoms with Crippen LogP contribution in [0.15, 0.2) is 18.2 Å². The Labute approximate surface area is 102 Å². The Balaban J connectivity index is 2.43. The number of ether oxygens (including phenoxy) is 2. The van der Waals surface area contributed by atoms with E-state index in [0.717, 1.165) is 0 Å². The molecule has 0 amide bonds. The van der Waals surface area contributed by atoms with Gasteiger partial charge in [-0.2, -0.15) is 0 Å². The van der Waals surface area contributed by atoms with Gasteiger partial charge in [0.1, 0.15) is 5.60 Å². The van der Waals surface area contributed by atoms with Crippen LogP contribution < -0.4 is 9.47 Å². The Kier molecular flexibility index (Phi) is 2.93. The second-order valence-corrected chi connectivity index (χ2v) is 4.80. The predicted octanol–water partition coefficient (Wildman–Crippen LogP) is 3.18. The van der Waals surface area contributed by atoms with Crippen molar-refractivity contribution in [3.8, 4) is 11.5 Å². The van der Waals surface area contributed by atoms with Gasteiger partial charge in [0.15, 0.2) is 11.5 Å². The van der Waals surface area contributed by atoms with Crippen molar-refractivity contribution in [1.29, 1.82) is 0 Å². The number of aliphatic hydroxyl groups excluding tert-OH is 1. The van der Waals surface area contributed by atoms with Crippen molar-refractivity contribution in [3.63, 3.8) is 0 Å². The number of alkyl halides is 3. The molecule has 0 unspecified atom stereocenters. The van der Waals surface area contributed by atoms with Crippen molar-refractivity contribution in [2.75, 3.05) is 0 Å². The predicted molar refractivity (Wildman–Crippen MR) is 57.4 cm³/mol. The summed E-state index contributed by atoms with van der Waals surface area (Å²) in [5, 5.41) is 9.90. The first-order valence-corrected chi connectivity index (χ1v) is 5.44. The van der Waals surface area contributed by atoms with Crippen LogP contribution >= 0.6 is 0 Å². The highest BCUT2D eigenvalue weighted by atomic mass is 19.4. The third kappa shape index (κ3) is 2.69. The summed E-state index contributed by atoms with van der Waals surface area (Å²) in [7, 11) is 0. The lowest BCUT2D eigenvalue weighted by atomic mass is 9.91. The van der Waals surface area contributed by atoms with E-state index in [2.05, 4.69) is 4.74 Å². The summed E-state index contributed by atoms with van der Waals surface area (Å²) in [6, 6.07) is 4.09. The number of para-hydroxylation sites is 1. The van der Waals surface area contributed by atoms with Crippen LogP contribution in [0.3, 0.4) is 0 Å². The maximum absolute atomic E-state index is 12.3. The Morgan fingerprint density at radius 1 is 1.39 bits per heavy atom. The largest absolute Gasteiger partial charge is 0.573 e. The molecule has 0 bridgehead atoms. The molecular formula is C12H13F3O3. The number of halogens is 3. The highest BCUT2D eigenvalue weighted by Gasteiger charge is 2.38. The molecule has 0 aliphatic carbocycles. The van der Waals surface area contributed by atoms with E-state index in [1.54, 1.807) is 13.8 Å². The van der Waals surface area contributed by atoms with Crippen LogP contribution in [0.25, 0.3) is 0 Å². The summed E-state index contributed by atoms with van der Waals surface area (Å²) in [5.41, 5.74) is -0.423. The van der Waals surface area contributed by atoms with E-state index in [-0.39, 0.29) is 5.75 Å². The molecule has 6 heteroatoms. The number of hydrogen-bond acceptors (Lipinski definition) is 3. The number of benzene rings is 1.